The van der Waals surface area contributed by atoms with E-state index in [4.69, 9.17) is 4.74 Å². The molecule has 1 unspecified atom stereocenters. The standard InChI is InChI=1S/C11H21NO/c1-3-10(4-1)6-7-12-11-5-2-8-13-9-11/h10-12H,1-9H2. The Morgan fingerprint density at radius 2 is 2.08 bits per heavy atom. The monoisotopic (exact) mass is 183 g/mol. The van der Waals surface area contributed by atoms with Crippen LogP contribution in [-0.2, 0) is 4.74 Å². The molecule has 1 aliphatic carbocycles. The summed E-state index contributed by atoms with van der Waals surface area (Å²) in [5.74, 6) is 1.04. The Morgan fingerprint density at radius 1 is 1.15 bits per heavy atom. The molecule has 1 N–H and O–H groups in total. The van der Waals surface area contributed by atoms with Crippen molar-refractivity contribution in [2.24, 2.45) is 5.92 Å². The Hall–Kier alpha value is -0.0800. The molecular weight excluding hydrogens is 162 g/mol. The second kappa shape index (κ2) is 4.97. The van der Waals surface area contributed by atoms with Crippen molar-refractivity contribution in [1.82, 2.24) is 5.32 Å². The van der Waals surface area contributed by atoms with E-state index >= 15 is 0 Å². The lowest BCUT2D eigenvalue weighted by atomic mass is 9.83. The van der Waals surface area contributed by atoms with Crippen LogP contribution in [0.4, 0.5) is 0 Å². The molecule has 1 atom stereocenters. The number of nitrogens with one attached hydrogen (secondary N) is 1. The zero-order valence-electron chi connectivity index (χ0n) is 8.43. The molecule has 0 aromatic heterocycles. The van der Waals surface area contributed by atoms with Crippen LogP contribution in [0.25, 0.3) is 0 Å². The van der Waals surface area contributed by atoms with Gasteiger partial charge in [-0.3, -0.25) is 0 Å². The minimum absolute atomic E-state index is 0.647. The maximum atomic E-state index is 5.42. The van der Waals surface area contributed by atoms with Crippen LogP contribution < -0.4 is 5.32 Å². The first kappa shape index (κ1) is 9.47. The summed E-state index contributed by atoms with van der Waals surface area (Å²) < 4.78 is 5.42. The minimum atomic E-state index is 0.647. The molecule has 0 aromatic rings. The van der Waals surface area contributed by atoms with Gasteiger partial charge in [0, 0.05) is 12.6 Å². The summed E-state index contributed by atoms with van der Waals surface area (Å²) in [5, 5.41) is 3.60. The van der Waals surface area contributed by atoms with E-state index in [1.807, 2.05) is 0 Å². The number of rotatable bonds is 4. The largest absolute Gasteiger partial charge is 0.380 e. The van der Waals surface area contributed by atoms with Gasteiger partial charge in [0.05, 0.1) is 6.61 Å². The van der Waals surface area contributed by atoms with E-state index in [-0.39, 0.29) is 0 Å². The molecule has 2 heteroatoms. The maximum absolute atomic E-state index is 5.42. The molecule has 0 bridgehead atoms. The highest BCUT2D eigenvalue weighted by Gasteiger charge is 2.18. The maximum Gasteiger partial charge on any atom is 0.0619 e. The van der Waals surface area contributed by atoms with E-state index in [0.29, 0.717) is 6.04 Å². The van der Waals surface area contributed by atoms with Crippen LogP contribution >= 0.6 is 0 Å². The molecule has 0 radical (unpaired) electrons. The lowest BCUT2D eigenvalue weighted by molar-refractivity contribution is 0.0696. The van der Waals surface area contributed by atoms with Crippen molar-refractivity contribution in [3.8, 4) is 0 Å². The number of ether oxygens (including phenoxy) is 1. The smallest absolute Gasteiger partial charge is 0.0619 e. The van der Waals surface area contributed by atoms with Gasteiger partial charge < -0.3 is 10.1 Å². The average molecular weight is 183 g/mol. The summed E-state index contributed by atoms with van der Waals surface area (Å²) >= 11 is 0. The molecular formula is C11H21NO. The van der Waals surface area contributed by atoms with Gasteiger partial charge in [-0.15, -0.1) is 0 Å². The van der Waals surface area contributed by atoms with E-state index in [2.05, 4.69) is 5.32 Å². The van der Waals surface area contributed by atoms with Crippen molar-refractivity contribution < 1.29 is 4.74 Å². The Morgan fingerprint density at radius 3 is 2.69 bits per heavy atom. The molecule has 0 amide bonds. The zero-order valence-corrected chi connectivity index (χ0v) is 8.43. The van der Waals surface area contributed by atoms with Gasteiger partial charge >= 0.3 is 0 Å². The van der Waals surface area contributed by atoms with Crippen LogP contribution in [-0.4, -0.2) is 25.8 Å². The predicted octanol–water partition coefficient (Wildman–Crippen LogP) is 1.95. The molecule has 1 aliphatic heterocycles. The lowest BCUT2D eigenvalue weighted by Gasteiger charge is -2.28. The quantitative estimate of drug-likeness (QED) is 0.719. The van der Waals surface area contributed by atoms with Crippen molar-refractivity contribution in [3.63, 3.8) is 0 Å². The van der Waals surface area contributed by atoms with E-state index in [1.165, 1.54) is 45.1 Å². The first-order chi connectivity index (χ1) is 6.45. The van der Waals surface area contributed by atoms with Crippen molar-refractivity contribution >= 4 is 0 Å². The van der Waals surface area contributed by atoms with Crippen LogP contribution in [0.1, 0.15) is 38.5 Å². The molecule has 13 heavy (non-hydrogen) atoms. The molecule has 1 heterocycles. The molecule has 2 rings (SSSR count). The third-order valence-corrected chi connectivity index (χ3v) is 3.37. The Bertz CT molecular complexity index is 139. The van der Waals surface area contributed by atoms with Crippen LogP contribution in [0.2, 0.25) is 0 Å². The second-order valence-electron chi connectivity index (χ2n) is 4.45. The van der Waals surface area contributed by atoms with Gasteiger partial charge in [-0.05, 0) is 31.7 Å². The van der Waals surface area contributed by atoms with E-state index in [9.17, 15) is 0 Å². The first-order valence-electron chi connectivity index (χ1n) is 5.76. The molecule has 0 spiro atoms. The molecule has 2 nitrogen and oxygen atoms in total. The van der Waals surface area contributed by atoms with Crippen LogP contribution in [0, 0.1) is 5.92 Å². The third kappa shape index (κ3) is 2.96. The van der Waals surface area contributed by atoms with Gasteiger partial charge in [-0.1, -0.05) is 19.3 Å². The van der Waals surface area contributed by atoms with Gasteiger partial charge in [0.25, 0.3) is 0 Å². The molecule has 1 saturated carbocycles. The van der Waals surface area contributed by atoms with Crippen LogP contribution in [0.3, 0.4) is 0 Å². The highest BCUT2D eigenvalue weighted by atomic mass is 16.5. The minimum Gasteiger partial charge on any atom is -0.380 e. The normalized spacial score (nSPS) is 30.0. The van der Waals surface area contributed by atoms with Crippen molar-refractivity contribution in [2.45, 2.75) is 44.6 Å². The Kier molecular flexibility index (Phi) is 3.62. The molecule has 2 aliphatic rings. The van der Waals surface area contributed by atoms with Crippen LogP contribution in [0.15, 0.2) is 0 Å². The van der Waals surface area contributed by atoms with Gasteiger partial charge in [-0.25, -0.2) is 0 Å². The van der Waals surface area contributed by atoms with Gasteiger partial charge in [0.2, 0.25) is 0 Å². The first-order valence-corrected chi connectivity index (χ1v) is 5.76. The van der Waals surface area contributed by atoms with Crippen molar-refractivity contribution in [2.75, 3.05) is 19.8 Å². The molecule has 1 saturated heterocycles. The summed E-state index contributed by atoms with van der Waals surface area (Å²) in [4.78, 5) is 0. The Balaban J connectivity index is 1.50. The fourth-order valence-corrected chi connectivity index (χ4v) is 2.17. The second-order valence-corrected chi connectivity index (χ2v) is 4.45. The molecule has 2 fully saturated rings. The fraction of sp³-hybridized carbons (Fsp3) is 1.00. The van der Waals surface area contributed by atoms with Crippen LogP contribution in [0.5, 0.6) is 0 Å². The SMILES string of the molecule is C1CC(CCNC2CCCOC2)C1. The predicted molar refractivity (Wildman–Crippen MR) is 53.8 cm³/mol. The fourth-order valence-electron chi connectivity index (χ4n) is 2.17. The number of hydrogen-bond acceptors (Lipinski definition) is 2. The lowest BCUT2D eigenvalue weighted by Crippen LogP contribution is -2.38. The highest BCUT2D eigenvalue weighted by molar-refractivity contribution is 4.74. The van der Waals surface area contributed by atoms with Gasteiger partial charge in [-0.2, -0.15) is 0 Å². The third-order valence-electron chi connectivity index (χ3n) is 3.37. The summed E-state index contributed by atoms with van der Waals surface area (Å²) in [6, 6.07) is 0.647. The Labute approximate surface area is 81.0 Å². The van der Waals surface area contributed by atoms with E-state index in [1.54, 1.807) is 0 Å². The zero-order chi connectivity index (χ0) is 8.93. The van der Waals surface area contributed by atoms with Gasteiger partial charge in [0.15, 0.2) is 0 Å². The summed E-state index contributed by atoms with van der Waals surface area (Å²) in [6.07, 6.45) is 8.35. The molecule has 76 valence electrons. The van der Waals surface area contributed by atoms with Gasteiger partial charge in [0.1, 0.15) is 0 Å². The summed E-state index contributed by atoms with van der Waals surface area (Å²) in [6.45, 7) is 3.12. The highest BCUT2D eigenvalue weighted by Crippen LogP contribution is 2.28. The summed E-state index contributed by atoms with van der Waals surface area (Å²) in [7, 11) is 0. The number of hydrogen-bond donors (Lipinski definition) is 1. The molecule has 0 aromatic carbocycles. The topological polar surface area (TPSA) is 21.3 Å². The summed E-state index contributed by atoms with van der Waals surface area (Å²) in [5.41, 5.74) is 0. The van der Waals surface area contributed by atoms with E-state index in [0.717, 1.165) is 19.1 Å². The van der Waals surface area contributed by atoms with E-state index < -0.39 is 0 Å². The average Bonchev–Trinajstić information content (AvgIpc) is 2.11. The van der Waals surface area contributed by atoms with Crippen molar-refractivity contribution in [1.29, 1.82) is 0 Å². The van der Waals surface area contributed by atoms with Crippen molar-refractivity contribution in [3.05, 3.63) is 0 Å².